The molecule has 0 aliphatic carbocycles. The van der Waals surface area contributed by atoms with Crippen LogP contribution in [0.5, 0.6) is 17.2 Å². The number of hydrogen-bond donors (Lipinski definition) is 0. The molecule has 0 saturated carbocycles. The minimum atomic E-state index is -0.480. The Kier molecular flexibility index (Phi) is 2.36. The molecule has 0 saturated heterocycles. The van der Waals surface area contributed by atoms with Crippen LogP contribution in [0.1, 0.15) is 17.3 Å². The van der Waals surface area contributed by atoms with Gasteiger partial charge in [-0.3, -0.25) is 0 Å². The highest BCUT2D eigenvalue weighted by Gasteiger charge is 2.30. The summed E-state index contributed by atoms with van der Waals surface area (Å²) in [4.78, 5) is 16.1. The van der Waals surface area contributed by atoms with Crippen molar-refractivity contribution in [3.05, 3.63) is 11.6 Å². The van der Waals surface area contributed by atoms with Crippen LogP contribution in [0.2, 0.25) is 0 Å². The molecule has 0 fully saturated rings. The molecule has 0 aromatic heterocycles. The van der Waals surface area contributed by atoms with Gasteiger partial charge in [0.05, 0.1) is 18.4 Å². The summed E-state index contributed by atoms with van der Waals surface area (Å²) in [6.45, 7) is 2.31. The normalized spacial score (nSPS) is 15.6. The number of carbonyl (C=O) groups excluding carboxylic acids is 1. The Hall–Kier alpha value is -2.24. The molecular formula is C12H11NO5. The number of fused-ring (bicyclic) bond motifs is 3. The Bertz CT molecular complexity index is 564. The van der Waals surface area contributed by atoms with Crippen molar-refractivity contribution in [2.24, 2.45) is 4.99 Å². The number of benzene rings is 1. The van der Waals surface area contributed by atoms with E-state index in [1.54, 1.807) is 6.07 Å². The summed E-state index contributed by atoms with van der Waals surface area (Å²) in [7, 11) is 1.32. The molecule has 18 heavy (non-hydrogen) atoms. The number of ether oxygens (including phenoxy) is 4. The van der Waals surface area contributed by atoms with E-state index < -0.39 is 5.97 Å². The van der Waals surface area contributed by atoms with Gasteiger partial charge in [0.15, 0.2) is 11.5 Å². The van der Waals surface area contributed by atoms with Gasteiger partial charge in [0.2, 0.25) is 12.5 Å². The van der Waals surface area contributed by atoms with Crippen LogP contribution in [0.4, 0.5) is 5.69 Å². The first-order chi connectivity index (χ1) is 8.70. The monoisotopic (exact) mass is 249 g/mol. The minimum Gasteiger partial charge on any atom is -0.481 e. The van der Waals surface area contributed by atoms with Crippen LogP contribution in [0.15, 0.2) is 11.1 Å². The molecule has 6 nitrogen and oxygen atoms in total. The predicted octanol–water partition coefficient (Wildman–Crippen LogP) is 1.69. The minimum absolute atomic E-state index is 0.110. The van der Waals surface area contributed by atoms with E-state index in [4.69, 9.17) is 18.9 Å². The summed E-state index contributed by atoms with van der Waals surface area (Å²) in [6, 6.07) is 1.57. The Morgan fingerprint density at radius 3 is 2.94 bits per heavy atom. The van der Waals surface area contributed by atoms with Gasteiger partial charge in [-0.15, -0.1) is 0 Å². The quantitative estimate of drug-likeness (QED) is 0.708. The third kappa shape index (κ3) is 1.49. The van der Waals surface area contributed by atoms with E-state index in [1.165, 1.54) is 7.11 Å². The smallest absolute Gasteiger partial charge is 0.340 e. The highest BCUT2D eigenvalue weighted by atomic mass is 16.7. The molecule has 0 atom stereocenters. The average Bonchev–Trinajstić information content (AvgIpc) is 2.84. The lowest BCUT2D eigenvalue weighted by Crippen LogP contribution is -2.14. The summed E-state index contributed by atoms with van der Waals surface area (Å²) in [5, 5.41) is 0. The van der Waals surface area contributed by atoms with Gasteiger partial charge in [0.25, 0.3) is 0 Å². The fourth-order valence-electron chi connectivity index (χ4n) is 1.91. The number of esters is 1. The largest absolute Gasteiger partial charge is 0.481 e. The molecule has 2 heterocycles. The number of carbonyl (C=O) groups is 1. The Labute approximate surface area is 103 Å². The van der Waals surface area contributed by atoms with Crippen LogP contribution < -0.4 is 14.2 Å². The molecule has 0 spiro atoms. The van der Waals surface area contributed by atoms with E-state index in [1.807, 2.05) is 6.92 Å². The van der Waals surface area contributed by atoms with E-state index in [-0.39, 0.29) is 6.79 Å². The number of nitrogens with zero attached hydrogens (tertiary/aromatic N) is 1. The fraction of sp³-hybridized carbons (Fsp3) is 0.333. The van der Waals surface area contributed by atoms with Crippen LogP contribution in [-0.4, -0.2) is 32.2 Å². The van der Waals surface area contributed by atoms with Gasteiger partial charge in [-0.2, -0.15) is 0 Å². The van der Waals surface area contributed by atoms with E-state index >= 15 is 0 Å². The summed E-state index contributed by atoms with van der Waals surface area (Å²) >= 11 is 0. The summed E-state index contributed by atoms with van der Waals surface area (Å²) in [5.74, 6) is 0.931. The van der Waals surface area contributed by atoms with E-state index in [0.29, 0.717) is 35.1 Å². The molecule has 94 valence electrons. The van der Waals surface area contributed by atoms with Gasteiger partial charge in [-0.1, -0.05) is 0 Å². The first-order valence-corrected chi connectivity index (χ1v) is 5.42. The second-order valence-electron chi connectivity index (χ2n) is 3.96. The van der Waals surface area contributed by atoms with Crippen LogP contribution in [0.25, 0.3) is 0 Å². The van der Waals surface area contributed by atoms with Gasteiger partial charge in [-0.25, -0.2) is 9.79 Å². The van der Waals surface area contributed by atoms with Crippen molar-refractivity contribution in [3.8, 4) is 17.2 Å². The van der Waals surface area contributed by atoms with Crippen LogP contribution in [0, 0.1) is 0 Å². The maximum Gasteiger partial charge on any atom is 0.340 e. The molecule has 0 N–H and O–H groups in total. The standard InChI is InChI=1S/C12H11NO5/c1-6-4-16-11-9(13-6)7(12(14)15-2)3-8-10(11)18-5-17-8/h3H,4-5H2,1-2H3. The maximum atomic E-state index is 11.7. The second-order valence-corrected chi connectivity index (χ2v) is 3.96. The highest BCUT2D eigenvalue weighted by molar-refractivity contribution is 6.01. The van der Waals surface area contributed by atoms with Gasteiger partial charge in [-0.05, 0) is 6.92 Å². The van der Waals surface area contributed by atoms with Crippen molar-refractivity contribution in [1.82, 2.24) is 0 Å². The van der Waals surface area contributed by atoms with Crippen molar-refractivity contribution >= 4 is 17.4 Å². The summed E-state index contributed by atoms with van der Waals surface area (Å²) < 4.78 is 20.9. The lowest BCUT2D eigenvalue weighted by Gasteiger charge is -2.18. The van der Waals surface area contributed by atoms with Gasteiger partial charge in [0, 0.05) is 6.07 Å². The zero-order chi connectivity index (χ0) is 12.7. The molecule has 3 rings (SSSR count). The molecule has 0 radical (unpaired) electrons. The lowest BCUT2D eigenvalue weighted by molar-refractivity contribution is 0.0601. The van der Waals surface area contributed by atoms with Crippen molar-refractivity contribution < 1.29 is 23.7 Å². The van der Waals surface area contributed by atoms with Gasteiger partial charge < -0.3 is 18.9 Å². The Morgan fingerprint density at radius 1 is 1.33 bits per heavy atom. The molecule has 1 aromatic carbocycles. The van der Waals surface area contributed by atoms with Crippen molar-refractivity contribution in [2.45, 2.75) is 6.92 Å². The van der Waals surface area contributed by atoms with E-state index in [0.717, 1.165) is 5.71 Å². The van der Waals surface area contributed by atoms with Crippen molar-refractivity contribution in [2.75, 3.05) is 20.5 Å². The zero-order valence-corrected chi connectivity index (χ0v) is 9.98. The number of aliphatic imine (C=N–C) groups is 1. The topological polar surface area (TPSA) is 66.4 Å². The highest BCUT2D eigenvalue weighted by Crippen LogP contribution is 2.50. The average molecular weight is 249 g/mol. The third-order valence-corrected chi connectivity index (χ3v) is 2.73. The van der Waals surface area contributed by atoms with E-state index in [9.17, 15) is 4.79 Å². The van der Waals surface area contributed by atoms with Crippen LogP contribution >= 0.6 is 0 Å². The SMILES string of the molecule is COC(=O)c1cc2c(c3c1N=C(C)CO3)OCO2. The molecule has 1 aromatic rings. The first-order valence-electron chi connectivity index (χ1n) is 5.42. The van der Waals surface area contributed by atoms with Crippen LogP contribution in [0.3, 0.4) is 0 Å². The maximum absolute atomic E-state index is 11.7. The zero-order valence-electron chi connectivity index (χ0n) is 9.98. The Morgan fingerprint density at radius 2 is 2.17 bits per heavy atom. The molecule has 0 amide bonds. The first kappa shape index (κ1) is 10.9. The number of methoxy groups -OCH3 is 1. The van der Waals surface area contributed by atoms with Crippen molar-refractivity contribution in [1.29, 1.82) is 0 Å². The molecule has 2 aliphatic rings. The number of hydrogen-bond acceptors (Lipinski definition) is 6. The Balaban J connectivity index is 2.25. The lowest BCUT2D eigenvalue weighted by atomic mass is 10.1. The number of rotatable bonds is 1. The summed E-state index contributed by atoms with van der Waals surface area (Å²) in [6.07, 6.45) is 0. The predicted molar refractivity (Wildman–Crippen MR) is 62.2 cm³/mol. The van der Waals surface area contributed by atoms with Gasteiger partial charge in [0.1, 0.15) is 12.3 Å². The fourth-order valence-corrected chi connectivity index (χ4v) is 1.91. The van der Waals surface area contributed by atoms with Crippen molar-refractivity contribution in [3.63, 3.8) is 0 Å². The molecule has 0 unspecified atom stereocenters. The van der Waals surface area contributed by atoms with Gasteiger partial charge >= 0.3 is 5.97 Å². The molecule has 2 aliphatic heterocycles. The molecule has 6 heteroatoms. The molecule has 0 bridgehead atoms. The summed E-state index contributed by atoms with van der Waals surface area (Å²) in [5.41, 5.74) is 1.54. The van der Waals surface area contributed by atoms with Crippen LogP contribution in [-0.2, 0) is 4.74 Å². The molecular weight excluding hydrogens is 238 g/mol. The third-order valence-electron chi connectivity index (χ3n) is 2.73. The van der Waals surface area contributed by atoms with E-state index in [2.05, 4.69) is 4.99 Å². The second kappa shape index (κ2) is 3.90.